The number of halogens is 3. The van der Waals surface area contributed by atoms with Gasteiger partial charge in [-0.2, -0.15) is 0 Å². The minimum atomic E-state index is -2.80. The molecule has 1 unspecified atom stereocenters. The molecule has 1 aromatic carbocycles. The maximum atomic E-state index is 12.4. The molecule has 0 fully saturated rings. The van der Waals surface area contributed by atoms with Gasteiger partial charge in [-0.05, 0) is 38.1 Å². The highest BCUT2D eigenvalue weighted by Gasteiger charge is 2.33. The number of alkyl halides is 2. The first kappa shape index (κ1) is 18.9. The monoisotopic (exact) mass is 395 g/mol. The lowest BCUT2D eigenvalue weighted by atomic mass is 10.1. The number of thioether (sulfide) groups is 1. The molecular formula is C14H16BrF2NO3S. The van der Waals surface area contributed by atoms with Crippen molar-refractivity contribution in [2.45, 2.75) is 42.4 Å². The third-order valence-electron chi connectivity index (χ3n) is 2.75. The van der Waals surface area contributed by atoms with E-state index in [-0.39, 0.29) is 0 Å². The number of carboxylic acids is 1. The van der Waals surface area contributed by atoms with E-state index in [1.807, 2.05) is 12.1 Å². The maximum Gasteiger partial charge on any atom is 0.326 e. The van der Waals surface area contributed by atoms with Crippen molar-refractivity contribution in [3.63, 3.8) is 0 Å². The number of hydrogen-bond acceptors (Lipinski definition) is 3. The van der Waals surface area contributed by atoms with Gasteiger partial charge in [-0.3, -0.25) is 4.79 Å². The van der Waals surface area contributed by atoms with Crippen molar-refractivity contribution in [3.8, 4) is 0 Å². The maximum absolute atomic E-state index is 12.4. The molecule has 0 aromatic heterocycles. The molecule has 0 spiro atoms. The van der Waals surface area contributed by atoms with Crippen LogP contribution in [0.5, 0.6) is 0 Å². The zero-order valence-corrected chi connectivity index (χ0v) is 14.4. The number of rotatable bonds is 7. The predicted molar refractivity (Wildman–Crippen MR) is 84.3 cm³/mol. The second-order valence-electron chi connectivity index (χ2n) is 5.06. The van der Waals surface area contributed by atoms with Crippen LogP contribution < -0.4 is 5.32 Å². The van der Waals surface area contributed by atoms with Gasteiger partial charge in [0.2, 0.25) is 12.3 Å². The molecule has 0 bridgehead atoms. The van der Waals surface area contributed by atoms with Gasteiger partial charge in [-0.1, -0.05) is 15.9 Å². The van der Waals surface area contributed by atoms with Crippen LogP contribution in [0.4, 0.5) is 8.78 Å². The molecule has 4 nitrogen and oxygen atoms in total. The minimum absolute atomic E-state index is 0.603. The van der Waals surface area contributed by atoms with E-state index in [9.17, 15) is 18.4 Å². The highest BCUT2D eigenvalue weighted by molar-refractivity contribution is 9.10. The molecule has 22 heavy (non-hydrogen) atoms. The lowest BCUT2D eigenvalue weighted by Crippen LogP contribution is -2.48. The van der Waals surface area contributed by atoms with E-state index in [0.29, 0.717) is 0 Å². The predicted octanol–water partition coefficient (Wildman–Crippen LogP) is 3.54. The van der Waals surface area contributed by atoms with E-state index in [1.54, 1.807) is 26.0 Å². The van der Waals surface area contributed by atoms with Crippen LogP contribution in [-0.2, 0) is 9.59 Å². The first-order valence-corrected chi connectivity index (χ1v) is 7.99. The van der Waals surface area contributed by atoms with Crippen molar-refractivity contribution in [2.75, 3.05) is 0 Å². The summed E-state index contributed by atoms with van der Waals surface area (Å²) in [4.78, 5) is 23.9. The first-order chi connectivity index (χ1) is 10.1. The summed E-state index contributed by atoms with van der Waals surface area (Å²) in [6.07, 6.45) is -3.72. The van der Waals surface area contributed by atoms with Gasteiger partial charge in [-0.25, -0.2) is 13.6 Å². The third-order valence-corrected chi connectivity index (χ3v) is 4.48. The second-order valence-corrected chi connectivity index (χ2v) is 7.67. The smallest absolute Gasteiger partial charge is 0.326 e. The summed E-state index contributed by atoms with van der Waals surface area (Å²) in [5.74, 6) is -2.08. The summed E-state index contributed by atoms with van der Waals surface area (Å²) in [6.45, 7) is 3.21. The fraction of sp³-hybridized carbons (Fsp3) is 0.429. The number of carbonyl (C=O) groups excluding carboxylic acids is 1. The molecule has 0 saturated heterocycles. The molecule has 1 atom stereocenters. The van der Waals surface area contributed by atoms with E-state index in [0.717, 1.165) is 9.37 Å². The number of hydrogen-bond donors (Lipinski definition) is 2. The Kier molecular flexibility index (Phi) is 6.80. The van der Waals surface area contributed by atoms with Gasteiger partial charge in [0.1, 0.15) is 6.04 Å². The summed E-state index contributed by atoms with van der Waals surface area (Å²) in [5, 5.41) is 11.1. The average Bonchev–Trinajstić information content (AvgIpc) is 2.39. The Balaban J connectivity index is 2.76. The first-order valence-electron chi connectivity index (χ1n) is 6.38. The molecule has 1 aromatic rings. The van der Waals surface area contributed by atoms with Gasteiger partial charge in [0.05, 0.1) is 4.75 Å². The van der Waals surface area contributed by atoms with Gasteiger partial charge >= 0.3 is 5.97 Å². The molecule has 0 aliphatic rings. The standard InChI is InChI=1S/C14H16BrF2NO3S/c1-14(2,22-9-5-3-8(15)4-6-9)13(21)18-10(12(19)20)7-11(16)17/h3-6,10-11H,7H2,1-2H3,(H,18,21)(H,19,20). The van der Waals surface area contributed by atoms with E-state index in [4.69, 9.17) is 5.11 Å². The SMILES string of the molecule is CC(C)(Sc1ccc(Br)cc1)C(=O)NC(CC(F)F)C(=O)O. The second kappa shape index (κ2) is 7.92. The number of aliphatic carboxylic acids is 1. The summed E-state index contributed by atoms with van der Waals surface area (Å²) in [7, 11) is 0. The molecule has 1 amide bonds. The summed E-state index contributed by atoms with van der Waals surface area (Å²) in [6, 6.07) is 5.63. The van der Waals surface area contributed by atoms with Crippen molar-refractivity contribution in [1.82, 2.24) is 5.32 Å². The van der Waals surface area contributed by atoms with Gasteiger partial charge in [0.25, 0.3) is 0 Å². The summed E-state index contributed by atoms with van der Waals surface area (Å²) < 4.78 is 24.6. The number of nitrogens with one attached hydrogen (secondary N) is 1. The summed E-state index contributed by atoms with van der Waals surface area (Å²) >= 11 is 4.52. The van der Waals surface area contributed by atoms with Crippen molar-refractivity contribution >= 4 is 39.6 Å². The minimum Gasteiger partial charge on any atom is -0.480 e. The molecule has 0 saturated carbocycles. The van der Waals surface area contributed by atoms with Crippen LogP contribution in [0, 0.1) is 0 Å². The molecular weight excluding hydrogens is 380 g/mol. The number of amides is 1. The molecule has 0 aliphatic carbocycles. The van der Waals surface area contributed by atoms with Crippen molar-refractivity contribution in [3.05, 3.63) is 28.7 Å². The van der Waals surface area contributed by atoms with Gasteiger partial charge in [0, 0.05) is 15.8 Å². The lowest BCUT2D eigenvalue weighted by Gasteiger charge is -2.25. The Morgan fingerprint density at radius 2 is 1.86 bits per heavy atom. The van der Waals surface area contributed by atoms with Crippen LogP contribution >= 0.6 is 27.7 Å². The van der Waals surface area contributed by atoms with Crippen molar-refractivity contribution < 1.29 is 23.5 Å². The van der Waals surface area contributed by atoms with Gasteiger partial charge < -0.3 is 10.4 Å². The van der Waals surface area contributed by atoms with Gasteiger partial charge in [0.15, 0.2) is 0 Å². The van der Waals surface area contributed by atoms with Crippen LogP contribution in [0.2, 0.25) is 0 Å². The Hall–Kier alpha value is -1.15. The number of benzene rings is 1. The van der Waals surface area contributed by atoms with Crippen LogP contribution in [0.15, 0.2) is 33.6 Å². The average molecular weight is 396 g/mol. The topological polar surface area (TPSA) is 66.4 Å². The molecule has 2 N–H and O–H groups in total. The molecule has 0 aliphatic heterocycles. The van der Waals surface area contributed by atoms with Crippen LogP contribution in [0.25, 0.3) is 0 Å². The van der Waals surface area contributed by atoms with Crippen LogP contribution in [-0.4, -0.2) is 34.2 Å². The van der Waals surface area contributed by atoms with Crippen LogP contribution in [0.1, 0.15) is 20.3 Å². The van der Waals surface area contributed by atoms with Crippen LogP contribution in [0.3, 0.4) is 0 Å². The fourth-order valence-electron chi connectivity index (χ4n) is 1.58. The summed E-state index contributed by atoms with van der Waals surface area (Å²) in [5.41, 5.74) is 0. The zero-order chi connectivity index (χ0) is 16.9. The molecule has 0 heterocycles. The largest absolute Gasteiger partial charge is 0.480 e. The third kappa shape index (κ3) is 5.92. The Morgan fingerprint density at radius 3 is 2.32 bits per heavy atom. The Bertz CT molecular complexity index is 537. The Morgan fingerprint density at radius 1 is 1.32 bits per heavy atom. The van der Waals surface area contributed by atoms with E-state index >= 15 is 0 Å². The lowest BCUT2D eigenvalue weighted by molar-refractivity contribution is -0.143. The highest BCUT2D eigenvalue weighted by Crippen LogP contribution is 2.33. The fourth-order valence-corrected chi connectivity index (χ4v) is 2.85. The van der Waals surface area contributed by atoms with E-state index in [1.165, 1.54) is 11.8 Å². The number of carbonyl (C=O) groups is 2. The normalized spacial score (nSPS) is 13.0. The van der Waals surface area contributed by atoms with Crippen molar-refractivity contribution in [2.24, 2.45) is 0 Å². The van der Waals surface area contributed by atoms with Gasteiger partial charge in [-0.15, -0.1) is 11.8 Å². The zero-order valence-electron chi connectivity index (χ0n) is 12.0. The Labute approximate surface area is 139 Å². The van der Waals surface area contributed by atoms with Crippen molar-refractivity contribution in [1.29, 1.82) is 0 Å². The highest BCUT2D eigenvalue weighted by atomic mass is 79.9. The van der Waals surface area contributed by atoms with E-state index in [2.05, 4.69) is 21.2 Å². The number of carboxylic acid groups (broad SMARTS) is 1. The molecule has 8 heteroatoms. The molecule has 122 valence electrons. The molecule has 1 rings (SSSR count). The van der Waals surface area contributed by atoms with E-state index < -0.39 is 35.5 Å². The molecule has 0 radical (unpaired) electrons. The quantitative estimate of drug-likeness (QED) is 0.692.